The predicted octanol–water partition coefficient (Wildman–Crippen LogP) is 1.38. The number of ether oxygens (including phenoxy) is 1. The van der Waals surface area contributed by atoms with Crippen LogP contribution >= 0.6 is 0 Å². The average molecular weight is 238 g/mol. The van der Waals surface area contributed by atoms with Gasteiger partial charge < -0.3 is 14.9 Å². The number of aliphatic hydroxyl groups is 2. The van der Waals surface area contributed by atoms with Crippen LogP contribution in [0, 0.1) is 0 Å². The molecule has 0 aliphatic rings. The van der Waals surface area contributed by atoms with Crippen LogP contribution in [0.5, 0.6) is 0 Å². The number of carbonyl (C=O) groups excluding carboxylic acids is 1. The van der Waals surface area contributed by atoms with Crippen LogP contribution < -0.4 is 0 Å². The van der Waals surface area contributed by atoms with Crippen LogP contribution in [-0.4, -0.2) is 29.4 Å². The lowest BCUT2D eigenvalue weighted by Gasteiger charge is -2.20. The molecule has 0 saturated heterocycles. The van der Waals surface area contributed by atoms with Crippen LogP contribution in [0.25, 0.3) is 0 Å². The van der Waals surface area contributed by atoms with Crippen molar-refractivity contribution in [2.24, 2.45) is 0 Å². The van der Waals surface area contributed by atoms with Crippen molar-refractivity contribution in [2.45, 2.75) is 32.0 Å². The second-order valence-corrected chi connectivity index (χ2v) is 4.20. The molecule has 0 aromatic heterocycles. The summed E-state index contributed by atoms with van der Waals surface area (Å²) < 4.78 is 4.41. The Kier molecular flexibility index (Phi) is 4.66. The van der Waals surface area contributed by atoms with Gasteiger partial charge in [-0.25, -0.2) is 4.79 Å². The SMILES string of the molecule is COC(=O)C(O)C(O)c1ccccc1C(C)C. The zero-order valence-corrected chi connectivity index (χ0v) is 10.3. The molecule has 2 N–H and O–H groups in total. The van der Waals surface area contributed by atoms with Crippen molar-refractivity contribution in [3.05, 3.63) is 35.4 Å². The summed E-state index contributed by atoms with van der Waals surface area (Å²) >= 11 is 0. The van der Waals surface area contributed by atoms with Gasteiger partial charge in [-0.3, -0.25) is 0 Å². The number of hydrogen-bond acceptors (Lipinski definition) is 4. The molecule has 2 unspecified atom stereocenters. The van der Waals surface area contributed by atoms with Crippen LogP contribution in [0.2, 0.25) is 0 Å². The highest BCUT2D eigenvalue weighted by atomic mass is 16.5. The Morgan fingerprint density at radius 3 is 2.18 bits per heavy atom. The minimum Gasteiger partial charge on any atom is -0.467 e. The highest BCUT2D eigenvalue weighted by molar-refractivity contribution is 5.75. The fourth-order valence-corrected chi connectivity index (χ4v) is 1.73. The molecule has 0 aliphatic heterocycles. The molecule has 0 spiro atoms. The first kappa shape index (κ1) is 13.7. The second kappa shape index (κ2) is 5.80. The van der Waals surface area contributed by atoms with Gasteiger partial charge in [0.2, 0.25) is 0 Å². The fraction of sp³-hybridized carbons (Fsp3) is 0.462. The zero-order valence-electron chi connectivity index (χ0n) is 10.3. The summed E-state index contributed by atoms with van der Waals surface area (Å²) in [5.41, 5.74) is 1.46. The molecule has 1 aromatic carbocycles. The summed E-state index contributed by atoms with van der Waals surface area (Å²) in [6.07, 6.45) is -2.82. The van der Waals surface area contributed by atoms with Crippen molar-refractivity contribution < 1.29 is 19.7 Å². The molecule has 1 rings (SSSR count). The average Bonchev–Trinajstić information content (AvgIpc) is 2.35. The third-order valence-electron chi connectivity index (χ3n) is 2.68. The van der Waals surface area contributed by atoms with Gasteiger partial charge in [0.25, 0.3) is 0 Å². The number of rotatable bonds is 4. The predicted molar refractivity (Wildman–Crippen MR) is 63.5 cm³/mol. The highest BCUT2D eigenvalue weighted by Crippen LogP contribution is 2.27. The minimum atomic E-state index is -1.56. The zero-order chi connectivity index (χ0) is 13.0. The Morgan fingerprint density at radius 1 is 1.18 bits per heavy atom. The van der Waals surface area contributed by atoms with Gasteiger partial charge in [0, 0.05) is 0 Å². The maximum atomic E-state index is 11.2. The minimum absolute atomic E-state index is 0.200. The van der Waals surface area contributed by atoms with Gasteiger partial charge in [0.05, 0.1) is 7.11 Å². The van der Waals surface area contributed by atoms with E-state index in [-0.39, 0.29) is 5.92 Å². The molecule has 17 heavy (non-hydrogen) atoms. The topological polar surface area (TPSA) is 66.8 Å². The number of benzene rings is 1. The first-order valence-electron chi connectivity index (χ1n) is 5.51. The van der Waals surface area contributed by atoms with E-state index in [9.17, 15) is 15.0 Å². The lowest BCUT2D eigenvalue weighted by molar-refractivity contribution is -0.156. The Morgan fingerprint density at radius 2 is 1.71 bits per heavy atom. The van der Waals surface area contributed by atoms with Crippen molar-refractivity contribution >= 4 is 5.97 Å². The summed E-state index contributed by atoms with van der Waals surface area (Å²) in [5.74, 6) is -0.637. The van der Waals surface area contributed by atoms with E-state index in [1.54, 1.807) is 12.1 Å². The van der Waals surface area contributed by atoms with E-state index in [1.807, 2.05) is 26.0 Å². The maximum Gasteiger partial charge on any atom is 0.337 e. The largest absolute Gasteiger partial charge is 0.467 e. The summed E-state index contributed by atoms with van der Waals surface area (Å²) in [7, 11) is 1.17. The molecule has 0 heterocycles. The third kappa shape index (κ3) is 3.05. The van der Waals surface area contributed by atoms with Gasteiger partial charge in [-0.2, -0.15) is 0 Å². The standard InChI is InChI=1S/C13H18O4/c1-8(2)9-6-4-5-7-10(9)11(14)12(15)13(16)17-3/h4-8,11-12,14-15H,1-3H3. The molecule has 0 aliphatic carbocycles. The quantitative estimate of drug-likeness (QED) is 0.778. The lowest BCUT2D eigenvalue weighted by atomic mass is 9.92. The molecule has 94 valence electrons. The molecular weight excluding hydrogens is 220 g/mol. The summed E-state index contributed by atoms with van der Waals surface area (Å²) in [6.45, 7) is 3.96. The molecule has 4 heteroatoms. The Labute approximate surface area is 101 Å². The van der Waals surface area contributed by atoms with E-state index >= 15 is 0 Å². The summed E-state index contributed by atoms with van der Waals surface area (Å²) in [5, 5.41) is 19.6. The van der Waals surface area contributed by atoms with E-state index in [0.717, 1.165) is 5.56 Å². The molecule has 0 radical (unpaired) electrons. The number of methoxy groups -OCH3 is 1. The molecule has 4 nitrogen and oxygen atoms in total. The smallest absolute Gasteiger partial charge is 0.337 e. The summed E-state index contributed by atoms with van der Waals surface area (Å²) in [6, 6.07) is 7.18. The molecule has 0 fully saturated rings. The van der Waals surface area contributed by atoms with Gasteiger partial charge in [-0.05, 0) is 17.0 Å². The van der Waals surface area contributed by atoms with Crippen LogP contribution in [0.4, 0.5) is 0 Å². The Hall–Kier alpha value is -1.39. The number of hydrogen-bond donors (Lipinski definition) is 2. The van der Waals surface area contributed by atoms with Gasteiger partial charge >= 0.3 is 5.97 Å². The molecule has 1 aromatic rings. The van der Waals surface area contributed by atoms with E-state index in [0.29, 0.717) is 5.56 Å². The number of esters is 1. The van der Waals surface area contributed by atoms with Crippen molar-refractivity contribution in [3.63, 3.8) is 0 Å². The van der Waals surface area contributed by atoms with E-state index < -0.39 is 18.2 Å². The van der Waals surface area contributed by atoms with Crippen LogP contribution in [0.3, 0.4) is 0 Å². The van der Waals surface area contributed by atoms with Crippen molar-refractivity contribution in [2.75, 3.05) is 7.11 Å². The van der Waals surface area contributed by atoms with Crippen molar-refractivity contribution in [1.82, 2.24) is 0 Å². The monoisotopic (exact) mass is 238 g/mol. The van der Waals surface area contributed by atoms with Gasteiger partial charge in [0.1, 0.15) is 6.10 Å². The third-order valence-corrected chi connectivity index (χ3v) is 2.68. The Balaban J connectivity index is 3.03. The number of aliphatic hydroxyl groups excluding tert-OH is 2. The molecule has 0 bridgehead atoms. The van der Waals surface area contributed by atoms with E-state index in [4.69, 9.17) is 0 Å². The molecule has 0 saturated carbocycles. The normalized spacial score (nSPS) is 14.5. The fourth-order valence-electron chi connectivity index (χ4n) is 1.73. The molecular formula is C13H18O4. The highest BCUT2D eigenvalue weighted by Gasteiger charge is 2.28. The van der Waals surface area contributed by atoms with E-state index in [1.165, 1.54) is 7.11 Å². The maximum absolute atomic E-state index is 11.2. The first-order chi connectivity index (χ1) is 7.99. The molecule has 0 amide bonds. The summed E-state index contributed by atoms with van der Waals surface area (Å²) in [4.78, 5) is 11.2. The van der Waals surface area contributed by atoms with E-state index in [2.05, 4.69) is 4.74 Å². The van der Waals surface area contributed by atoms with Gasteiger partial charge in [-0.15, -0.1) is 0 Å². The second-order valence-electron chi connectivity index (χ2n) is 4.20. The number of carbonyl (C=O) groups is 1. The first-order valence-corrected chi connectivity index (χ1v) is 5.51. The lowest BCUT2D eigenvalue weighted by Crippen LogP contribution is -2.29. The van der Waals surface area contributed by atoms with Crippen LogP contribution in [-0.2, 0) is 9.53 Å². The van der Waals surface area contributed by atoms with Crippen LogP contribution in [0.15, 0.2) is 24.3 Å². The van der Waals surface area contributed by atoms with Crippen molar-refractivity contribution in [1.29, 1.82) is 0 Å². The Bertz CT molecular complexity index is 387. The van der Waals surface area contributed by atoms with Crippen LogP contribution in [0.1, 0.15) is 37.0 Å². The van der Waals surface area contributed by atoms with Crippen molar-refractivity contribution in [3.8, 4) is 0 Å². The van der Waals surface area contributed by atoms with Gasteiger partial charge in [-0.1, -0.05) is 38.1 Å². The molecule has 2 atom stereocenters. The van der Waals surface area contributed by atoms with Gasteiger partial charge in [0.15, 0.2) is 6.10 Å².